The zero-order valence-corrected chi connectivity index (χ0v) is 74.2. The zero-order chi connectivity index (χ0) is 90.8. The molecule has 29 aromatic rings. The van der Waals surface area contributed by atoms with Gasteiger partial charge in [-0.15, -0.1) is 0 Å². The highest BCUT2D eigenvalue weighted by atomic mass is 15.2. The number of para-hydroxylation sites is 9. The van der Waals surface area contributed by atoms with Crippen molar-refractivity contribution in [2.45, 2.75) is 0 Å². The van der Waals surface area contributed by atoms with Crippen molar-refractivity contribution in [1.29, 1.82) is 0 Å². The minimum atomic E-state index is 0.527. The molecule has 15 nitrogen and oxygen atoms in total. The summed E-state index contributed by atoms with van der Waals surface area (Å²) in [5.41, 5.74) is 30.5. The summed E-state index contributed by atoms with van der Waals surface area (Å²) in [7, 11) is 0. The molecule has 19 aromatic carbocycles. The quantitative estimate of drug-likeness (QED) is 0.123. The Morgan fingerprint density at radius 1 is 0.159 bits per heavy atom. The van der Waals surface area contributed by atoms with Crippen LogP contribution >= 0.6 is 0 Å². The first-order valence-corrected chi connectivity index (χ1v) is 46.3. The molecule has 0 bridgehead atoms. The van der Waals surface area contributed by atoms with Crippen LogP contribution in [0.2, 0.25) is 0 Å². The van der Waals surface area contributed by atoms with Crippen molar-refractivity contribution in [3.05, 3.63) is 468 Å². The summed E-state index contributed by atoms with van der Waals surface area (Å²) in [6.07, 6.45) is 10.9. The Bertz CT molecular complexity index is 9850. The highest BCUT2D eigenvalue weighted by molar-refractivity contribution is 6.39. The second-order valence-electron chi connectivity index (χ2n) is 34.7. The Morgan fingerprint density at radius 2 is 0.391 bits per heavy atom. The molecular weight excluding hydrogens is 1690 g/mol. The molecule has 0 saturated heterocycles. The monoisotopic (exact) mass is 1760 g/mol. The van der Waals surface area contributed by atoms with E-state index in [4.69, 9.17) is 29.9 Å². The van der Waals surface area contributed by atoms with E-state index in [1.807, 2.05) is 55.0 Å². The largest absolute Gasteiger partial charge is 0.307 e. The molecule has 0 fully saturated rings. The van der Waals surface area contributed by atoms with Crippen LogP contribution in [-0.2, 0) is 0 Å². The molecule has 29 rings (SSSR count). The standard InChI is InChI=1S/C47H29N7.2C38H24N4/c1-4-14-30(15-5-1)31-24-26-33(27-25-31)46-50-45(32-16-6-2-7-17-32)51-47(52-46)54-39-23-13-10-20-35(39)40-37-28-48-29-49-42(37)41-36-21-11-12-22-38(36)53(44(41)43(40)54)34-18-8-3-9-19-34;1-3-12-25(13-4-1)26-14-11-17-28(22-26)42-32-20-9-7-18-29(32)34-31-23-39-24-40-36(31)35-30-19-8-10-21-33(30)41(38(35)37(34)42)27-15-5-2-6-16-27;1-3-11-25(12-4-1)26-19-21-28(22-20-26)42-32-17-9-7-15-29(32)34-31-23-39-24-40-36(31)35-30-16-8-10-18-33(30)41(38(35)37(34)42)27-13-5-2-6-14-27/h1-29H;2*1-24H. The smallest absolute Gasteiger partial charge is 0.238 e. The molecule has 15 heteroatoms. The molecule has 10 aromatic heterocycles. The molecule has 0 N–H and O–H groups in total. The van der Waals surface area contributed by atoms with Gasteiger partial charge < -0.3 is 22.8 Å². The summed E-state index contributed by atoms with van der Waals surface area (Å²) in [4.78, 5) is 44.1. The van der Waals surface area contributed by atoms with Gasteiger partial charge in [-0.25, -0.2) is 34.9 Å². The van der Waals surface area contributed by atoms with Crippen molar-refractivity contribution in [3.63, 3.8) is 0 Å². The van der Waals surface area contributed by atoms with Gasteiger partial charge in [-0.2, -0.15) is 9.97 Å². The van der Waals surface area contributed by atoms with Gasteiger partial charge in [0.25, 0.3) is 0 Å². The molecule has 0 amide bonds. The van der Waals surface area contributed by atoms with Crippen molar-refractivity contribution in [2.24, 2.45) is 0 Å². The molecule has 0 spiro atoms. The van der Waals surface area contributed by atoms with Crippen LogP contribution in [0.25, 0.3) is 254 Å². The molecule has 0 aliphatic rings. The van der Waals surface area contributed by atoms with Crippen molar-refractivity contribution < 1.29 is 0 Å². The van der Waals surface area contributed by atoms with E-state index in [1.54, 1.807) is 19.0 Å². The fraction of sp³-hybridized carbons (Fsp3) is 0. The van der Waals surface area contributed by atoms with Crippen LogP contribution in [0.4, 0.5) is 0 Å². The predicted octanol–water partition coefficient (Wildman–Crippen LogP) is 30.0. The number of nitrogens with zero attached hydrogens (tertiary/aromatic N) is 15. The SMILES string of the molecule is c1ccc(-c2ccc(-c3nc(-c4ccccc4)nc(-n4c5ccccc5c5c6cncnc6c6c7ccccc7n(-c7ccccc7)c6c54)n3)cc2)cc1.c1ccc(-c2ccc(-n3c4ccccc4c4c5cncnc5c5c6ccccc6n(-c6ccccc6)c5c43)cc2)cc1.c1ccc(-c2cccc(-n3c4ccccc4c4c5cncnc5c5c6ccccc6n(-c6ccccc6)c5c43)c2)cc1. The lowest BCUT2D eigenvalue weighted by Crippen LogP contribution is -2.07. The Kier molecular flexibility index (Phi) is 18.6. The summed E-state index contributed by atoms with van der Waals surface area (Å²) in [6.45, 7) is 0. The maximum atomic E-state index is 5.32. The van der Waals surface area contributed by atoms with E-state index in [1.165, 1.54) is 54.6 Å². The summed E-state index contributed by atoms with van der Waals surface area (Å²) in [5.74, 6) is 1.71. The van der Waals surface area contributed by atoms with Crippen molar-refractivity contribution >= 4 is 164 Å². The number of hydrogen-bond donors (Lipinski definition) is 0. The minimum absolute atomic E-state index is 0.527. The number of fused-ring (bicyclic) bond motifs is 30. The third-order valence-corrected chi connectivity index (χ3v) is 27.2. The van der Waals surface area contributed by atoms with E-state index in [0.717, 1.165) is 182 Å². The maximum Gasteiger partial charge on any atom is 0.238 e. The highest BCUT2D eigenvalue weighted by Crippen LogP contribution is 2.51. The summed E-state index contributed by atoms with van der Waals surface area (Å²) in [5, 5.41) is 16.7. The van der Waals surface area contributed by atoms with Gasteiger partial charge in [-0.05, 0) is 130 Å². The average molecular weight is 1770 g/mol. The van der Waals surface area contributed by atoms with Crippen molar-refractivity contribution in [3.8, 4) is 90.5 Å². The Hall–Kier alpha value is -19.0. The minimum Gasteiger partial charge on any atom is -0.307 e. The Balaban J connectivity index is 0.000000106. The van der Waals surface area contributed by atoms with Crippen LogP contribution < -0.4 is 0 Å². The molecule has 0 aliphatic heterocycles. The van der Waals surface area contributed by atoms with Crippen LogP contribution in [0.1, 0.15) is 0 Å². The predicted molar refractivity (Wildman–Crippen MR) is 565 cm³/mol. The number of aromatic nitrogens is 15. The zero-order valence-electron chi connectivity index (χ0n) is 74.2. The van der Waals surface area contributed by atoms with E-state index < -0.39 is 0 Å². The van der Waals surface area contributed by atoms with Crippen LogP contribution in [0.3, 0.4) is 0 Å². The van der Waals surface area contributed by atoms with Crippen LogP contribution in [-0.4, -0.2) is 72.3 Å². The van der Waals surface area contributed by atoms with Gasteiger partial charge in [0.2, 0.25) is 5.95 Å². The topological polar surface area (TPSA) is 146 Å². The van der Waals surface area contributed by atoms with E-state index in [-0.39, 0.29) is 0 Å². The summed E-state index contributed by atoms with van der Waals surface area (Å²) < 4.78 is 14.2. The second kappa shape index (κ2) is 32.5. The molecule has 644 valence electrons. The fourth-order valence-corrected chi connectivity index (χ4v) is 21.4. The molecule has 0 aliphatic carbocycles. The lowest BCUT2D eigenvalue weighted by Gasteiger charge is -2.14. The molecule has 0 radical (unpaired) electrons. The first-order chi connectivity index (χ1) is 68.6. The van der Waals surface area contributed by atoms with Gasteiger partial charge in [-0.1, -0.05) is 334 Å². The van der Waals surface area contributed by atoms with Gasteiger partial charge >= 0.3 is 0 Å². The maximum absolute atomic E-state index is 5.32. The molecule has 0 atom stereocenters. The van der Waals surface area contributed by atoms with Gasteiger partial charge in [0, 0.05) is 139 Å². The number of benzene rings is 19. The normalized spacial score (nSPS) is 11.8. The lowest BCUT2D eigenvalue weighted by atomic mass is 10.0. The molecular formula is C123H77N15. The van der Waals surface area contributed by atoms with Crippen LogP contribution in [0.15, 0.2) is 468 Å². The van der Waals surface area contributed by atoms with Gasteiger partial charge in [0.1, 0.15) is 19.0 Å². The third kappa shape index (κ3) is 12.6. The number of hydrogen-bond acceptors (Lipinski definition) is 9. The lowest BCUT2D eigenvalue weighted by molar-refractivity contribution is 0.953. The van der Waals surface area contributed by atoms with Crippen LogP contribution in [0.5, 0.6) is 0 Å². The first kappa shape index (κ1) is 78.8. The Labute approximate surface area is 789 Å². The Morgan fingerprint density at radius 3 is 0.746 bits per heavy atom. The summed E-state index contributed by atoms with van der Waals surface area (Å²) >= 11 is 0. The molecule has 0 unspecified atom stereocenters. The van der Waals surface area contributed by atoms with Crippen molar-refractivity contribution in [2.75, 3.05) is 0 Å². The van der Waals surface area contributed by atoms with Crippen LogP contribution in [0, 0.1) is 0 Å². The average Bonchev–Trinajstić information content (AvgIpc) is 1.53. The van der Waals surface area contributed by atoms with E-state index in [0.29, 0.717) is 17.6 Å². The number of rotatable bonds is 11. The molecule has 10 heterocycles. The second-order valence-corrected chi connectivity index (χ2v) is 34.7. The van der Waals surface area contributed by atoms with E-state index in [2.05, 4.69) is 437 Å². The fourth-order valence-electron chi connectivity index (χ4n) is 21.4. The first-order valence-electron chi connectivity index (χ1n) is 46.3. The molecule has 0 saturated carbocycles. The van der Waals surface area contributed by atoms with Gasteiger partial charge in [-0.3, -0.25) is 4.57 Å². The third-order valence-electron chi connectivity index (χ3n) is 27.2. The molecule has 138 heavy (non-hydrogen) atoms. The summed E-state index contributed by atoms with van der Waals surface area (Å²) in [6, 6.07) is 151. The van der Waals surface area contributed by atoms with Gasteiger partial charge in [0.15, 0.2) is 11.6 Å². The highest BCUT2D eigenvalue weighted by Gasteiger charge is 2.31. The van der Waals surface area contributed by atoms with Crippen molar-refractivity contribution in [1.82, 2.24) is 72.3 Å². The van der Waals surface area contributed by atoms with E-state index >= 15 is 0 Å². The van der Waals surface area contributed by atoms with Gasteiger partial charge in [0.05, 0.1) is 82.8 Å². The van der Waals surface area contributed by atoms with E-state index in [9.17, 15) is 0 Å².